The van der Waals surface area contributed by atoms with E-state index in [-0.39, 0.29) is 5.91 Å². The summed E-state index contributed by atoms with van der Waals surface area (Å²) in [5, 5.41) is 0. The van der Waals surface area contributed by atoms with Crippen LogP contribution >= 0.6 is 34.2 Å². The van der Waals surface area contributed by atoms with Crippen molar-refractivity contribution in [3.8, 4) is 0 Å². The van der Waals surface area contributed by atoms with E-state index in [4.69, 9.17) is 11.6 Å². The van der Waals surface area contributed by atoms with Gasteiger partial charge in [0.15, 0.2) is 0 Å². The zero-order valence-electron chi connectivity index (χ0n) is 9.25. The van der Waals surface area contributed by atoms with Crippen LogP contribution in [0.4, 0.5) is 0 Å². The molecule has 16 heavy (non-hydrogen) atoms. The van der Waals surface area contributed by atoms with E-state index in [2.05, 4.69) is 29.5 Å². The molecule has 0 spiro atoms. The molecule has 0 aromatic heterocycles. The fourth-order valence-electron chi connectivity index (χ4n) is 1.49. The molecule has 88 valence electrons. The Morgan fingerprint density at radius 3 is 2.75 bits per heavy atom. The quantitative estimate of drug-likeness (QED) is 0.588. The zero-order chi connectivity index (χ0) is 12.0. The number of amides is 1. The minimum Gasteiger partial charge on any atom is -0.337 e. The maximum Gasteiger partial charge on any atom is 0.253 e. The predicted octanol–water partition coefficient (Wildman–Crippen LogP) is 3.38. The van der Waals surface area contributed by atoms with E-state index in [0.29, 0.717) is 12.4 Å². The monoisotopic (exact) mass is 351 g/mol. The molecule has 1 aromatic carbocycles. The van der Waals surface area contributed by atoms with Crippen LogP contribution in [0.2, 0.25) is 0 Å². The number of rotatable bonds is 5. The normalized spacial score (nSPS) is 10.2. The maximum absolute atomic E-state index is 12.1. The number of halogens is 2. The van der Waals surface area contributed by atoms with E-state index in [1.165, 1.54) is 0 Å². The van der Waals surface area contributed by atoms with Gasteiger partial charge in [0.25, 0.3) is 5.91 Å². The summed E-state index contributed by atoms with van der Waals surface area (Å²) >= 11 is 7.91. The number of nitrogens with zero attached hydrogens (tertiary/aromatic N) is 1. The molecule has 0 atom stereocenters. The van der Waals surface area contributed by atoms with Crippen molar-refractivity contribution < 1.29 is 4.79 Å². The number of carbonyl (C=O) groups is 1. The first-order chi connectivity index (χ1) is 7.69. The van der Waals surface area contributed by atoms with Crippen LogP contribution in [0.5, 0.6) is 0 Å². The molecular formula is C12H15ClINO. The van der Waals surface area contributed by atoms with Gasteiger partial charge in [-0.15, -0.1) is 11.6 Å². The minimum atomic E-state index is 0.0704. The lowest BCUT2D eigenvalue weighted by Gasteiger charge is -2.21. The molecule has 1 amide bonds. The molecule has 0 heterocycles. The number of benzene rings is 1. The summed E-state index contributed by atoms with van der Waals surface area (Å²) in [7, 11) is 0. The van der Waals surface area contributed by atoms with Gasteiger partial charge in [-0.2, -0.15) is 0 Å². The van der Waals surface area contributed by atoms with Gasteiger partial charge in [0.05, 0.1) is 0 Å². The maximum atomic E-state index is 12.1. The lowest BCUT2D eigenvalue weighted by Crippen LogP contribution is -2.33. The van der Waals surface area contributed by atoms with E-state index < -0.39 is 0 Å². The molecule has 0 aliphatic rings. The second kappa shape index (κ2) is 7.12. The molecule has 0 radical (unpaired) electrons. The molecular weight excluding hydrogens is 336 g/mol. The zero-order valence-corrected chi connectivity index (χ0v) is 12.2. The highest BCUT2D eigenvalue weighted by Crippen LogP contribution is 2.11. The minimum absolute atomic E-state index is 0.0704. The van der Waals surface area contributed by atoms with Crippen molar-refractivity contribution in [2.24, 2.45) is 0 Å². The Bertz CT molecular complexity index is 351. The SMILES string of the molecule is CCCN(CCCl)C(=O)c1cccc(I)c1. The highest BCUT2D eigenvalue weighted by molar-refractivity contribution is 14.1. The van der Waals surface area contributed by atoms with Gasteiger partial charge in [0.1, 0.15) is 0 Å². The van der Waals surface area contributed by atoms with Gasteiger partial charge in [-0.1, -0.05) is 13.0 Å². The number of carbonyl (C=O) groups excluding carboxylic acids is 1. The van der Waals surface area contributed by atoms with Gasteiger partial charge in [-0.3, -0.25) is 4.79 Å². The molecule has 4 heteroatoms. The summed E-state index contributed by atoms with van der Waals surface area (Å²) in [5.41, 5.74) is 0.741. The molecule has 0 unspecified atom stereocenters. The average Bonchev–Trinajstić information content (AvgIpc) is 2.28. The van der Waals surface area contributed by atoms with Gasteiger partial charge in [0, 0.05) is 28.1 Å². The third-order valence-electron chi connectivity index (χ3n) is 2.21. The lowest BCUT2D eigenvalue weighted by atomic mass is 10.2. The van der Waals surface area contributed by atoms with Gasteiger partial charge in [0.2, 0.25) is 0 Å². The lowest BCUT2D eigenvalue weighted by molar-refractivity contribution is 0.0765. The molecule has 0 bridgehead atoms. The van der Waals surface area contributed by atoms with Gasteiger partial charge in [-0.25, -0.2) is 0 Å². The van der Waals surface area contributed by atoms with Crippen molar-refractivity contribution in [2.45, 2.75) is 13.3 Å². The van der Waals surface area contributed by atoms with Gasteiger partial charge < -0.3 is 4.90 Å². The van der Waals surface area contributed by atoms with Crippen LogP contribution in [0.15, 0.2) is 24.3 Å². The molecule has 1 rings (SSSR count). The molecule has 0 N–H and O–H groups in total. The first-order valence-corrected chi connectivity index (χ1v) is 6.91. The summed E-state index contributed by atoms with van der Waals surface area (Å²) in [4.78, 5) is 13.9. The number of hydrogen-bond acceptors (Lipinski definition) is 1. The molecule has 0 fully saturated rings. The molecule has 2 nitrogen and oxygen atoms in total. The molecule has 0 saturated carbocycles. The first-order valence-electron chi connectivity index (χ1n) is 5.29. The van der Waals surface area contributed by atoms with Crippen LogP contribution in [-0.2, 0) is 0 Å². The smallest absolute Gasteiger partial charge is 0.253 e. The second-order valence-electron chi connectivity index (χ2n) is 3.49. The Morgan fingerprint density at radius 1 is 1.44 bits per heavy atom. The van der Waals surface area contributed by atoms with Crippen molar-refractivity contribution in [1.29, 1.82) is 0 Å². The summed E-state index contributed by atoms with van der Waals surface area (Å²) in [6.45, 7) is 3.43. The van der Waals surface area contributed by atoms with Crippen molar-refractivity contribution in [2.75, 3.05) is 19.0 Å². The summed E-state index contributed by atoms with van der Waals surface area (Å²) in [6.07, 6.45) is 0.951. The third kappa shape index (κ3) is 3.94. The summed E-state index contributed by atoms with van der Waals surface area (Å²) < 4.78 is 1.07. The van der Waals surface area contributed by atoms with Crippen LogP contribution in [0.1, 0.15) is 23.7 Å². The molecule has 0 aliphatic carbocycles. The van der Waals surface area contributed by atoms with Crippen molar-refractivity contribution in [3.63, 3.8) is 0 Å². The van der Waals surface area contributed by atoms with Crippen LogP contribution in [0.3, 0.4) is 0 Å². The van der Waals surface area contributed by atoms with Crippen LogP contribution < -0.4 is 0 Å². The fraction of sp³-hybridized carbons (Fsp3) is 0.417. The standard InChI is InChI=1S/C12H15ClINO/c1-2-7-15(8-6-13)12(16)10-4-3-5-11(14)9-10/h3-5,9H,2,6-8H2,1H3. The van der Waals surface area contributed by atoms with Gasteiger partial charge in [-0.05, 0) is 47.2 Å². The van der Waals surface area contributed by atoms with Crippen molar-refractivity contribution >= 4 is 40.1 Å². The molecule has 0 saturated heterocycles. The summed E-state index contributed by atoms with van der Waals surface area (Å²) in [5.74, 6) is 0.552. The Balaban J connectivity index is 2.81. The highest BCUT2D eigenvalue weighted by Gasteiger charge is 2.14. The van der Waals surface area contributed by atoms with Crippen molar-refractivity contribution in [3.05, 3.63) is 33.4 Å². The van der Waals surface area contributed by atoms with E-state index in [1.54, 1.807) is 4.90 Å². The van der Waals surface area contributed by atoms with Crippen LogP contribution in [-0.4, -0.2) is 29.8 Å². The Morgan fingerprint density at radius 2 is 2.19 bits per heavy atom. The largest absolute Gasteiger partial charge is 0.337 e. The number of alkyl halides is 1. The summed E-state index contributed by atoms with van der Waals surface area (Å²) in [6, 6.07) is 7.63. The Labute approximate surface area is 115 Å². The second-order valence-corrected chi connectivity index (χ2v) is 5.12. The van der Waals surface area contributed by atoms with Gasteiger partial charge >= 0.3 is 0 Å². The van der Waals surface area contributed by atoms with E-state index in [9.17, 15) is 4.79 Å². The number of hydrogen-bond donors (Lipinski definition) is 0. The van der Waals surface area contributed by atoms with E-state index in [1.807, 2.05) is 24.3 Å². The average molecular weight is 352 g/mol. The molecule has 0 aliphatic heterocycles. The van der Waals surface area contributed by atoms with Crippen molar-refractivity contribution in [1.82, 2.24) is 4.90 Å². The predicted molar refractivity (Wildman–Crippen MR) is 76.1 cm³/mol. The van der Waals surface area contributed by atoms with Crippen LogP contribution in [0.25, 0.3) is 0 Å². The fourth-order valence-corrected chi connectivity index (χ4v) is 2.24. The molecule has 1 aromatic rings. The highest BCUT2D eigenvalue weighted by atomic mass is 127. The Hall–Kier alpha value is -0.290. The Kier molecular flexibility index (Phi) is 6.13. The third-order valence-corrected chi connectivity index (χ3v) is 3.05. The van der Waals surface area contributed by atoms with E-state index in [0.717, 1.165) is 22.1 Å². The van der Waals surface area contributed by atoms with Crippen LogP contribution in [0, 0.1) is 3.57 Å². The topological polar surface area (TPSA) is 20.3 Å². The first kappa shape index (κ1) is 13.8. The van der Waals surface area contributed by atoms with E-state index >= 15 is 0 Å².